The number of hydrogen-bond donors (Lipinski definition) is 1. The minimum atomic E-state index is -0.524. The molecule has 4 aromatic rings. The zero-order chi connectivity index (χ0) is 22.5. The van der Waals surface area contributed by atoms with Crippen LogP contribution in [0.5, 0.6) is 5.75 Å². The molecule has 0 fully saturated rings. The second-order valence-corrected chi connectivity index (χ2v) is 8.06. The van der Waals surface area contributed by atoms with Crippen LogP contribution in [0.15, 0.2) is 94.5 Å². The quantitative estimate of drug-likeness (QED) is 0.150. The van der Waals surface area contributed by atoms with Crippen LogP contribution in [0.3, 0.4) is 0 Å². The van der Waals surface area contributed by atoms with Crippen LogP contribution in [-0.4, -0.2) is 18.1 Å². The molecule has 5 nitrogen and oxygen atoms in total. The zero-order valence-electron chi connectivity index (χ0n) is 16.6. The van der Waals surface area contributed by atoms with Crippen LogP contribution in [0.4, 0.5) is 0 Å². The number of nitrogens with one attached hydrogen (secondary N) is 1. The summed E-state index contributed by atoms with van der Waals surface area (Å²) in [7, 11) is 0. The van der Waals surface area contributed by atoms with E-state index in [9.17, 15) is 9.59 Å². The number of benzene rings is 4. The smallest absolute Gasteiger partial charge is 0.343 e. The molecular formula is C25H16BrClN2O3. The topological polar surface area (TPSA) is 67.8 Å². The van der Waals surface area contributed by atoms with Crippen LogP contribution in [0.1, 0.15) is 26.3 Å². The van der Waals surface area contributed by atoms with Gasteiger partial charge in [-0.05, 0) is 69.2 Å². The third kappa shape index (κ3) is 4.88. The molecule has 0 spiro atoms. The summed E-state index contributed by atoms with van der Waals surface area (Å²) < 4.78 is 6.31. The Morgan fingerprint density at radius 2 is 1.62 bits per heavy atom. The predicted octanol–water partition coefficient (Wildman–Crippen LogP) is 6.24. The van der Waals surface area contributed by atoms with Crippen molar-refractivity contribution in [2.75, 3.05) is 0 Å². The van der Waals surface area contributed by atoms with E-state index in [2.05, 4.69) is 26.5 Å². The summed E-state index contributed by atoms with van der Waals surface area (Å²) in [6.45, 7) is 0. The van der Waals surface area contributed by atoms with E-state index in [1.165, 1.54) is 6.21 Å². The monoisotopic (exact) mass is 506 g/mol. The highest BCUT2D eigenvalue weighted by Gasteiger charge is 2.14. The summed E-state index contributed by atoms with van der Waals surface area (Å²) in [6, 6.07) is 24.7. The molecule has 7 heteroatoms. The highest BCUT2D eigenvalue weighted by molar-refractivity contribution is 9.10. The summed E-state index contributed by atoms with van der Waals surface area (Å²) in [4.78, 5) is 25.1. The van der Waals surface area contributed by atoms with Crippen molar-refractivity contribution < 1.29 is 14.3 Å². The van der Waals surface area contributed by atoms with Gasteiger partial charge < -0.3 is 4.74 Å². The van der Waals surface area contributed by atoms with Gasteiger partial charge in [0.2, 0.25) is 0 Å². The molecule has 1 amide bonds. The third-order valence-electron chi connectivity index (χ3n) is 4.69. The van der Waals surface area contributed by atoms with Crippen molar-refractivity contribution in [2.24, 2.45) is 5.10 Å². The largest absolute Gasteiger partial charge is 0.422 e. The maximum absolute atomic E-state index is 12.6. The molecule has 1 N–H and O–H groups in total. The Morgan fingerprint density at radius 1 is 0.906 bits per heavy atom. The maximum Gasteiger partial charge on any atom is 0.343 e. The fourth-order valence-electron chi connectivity index (χ4n) is 3.10. The van der Waals surface area contributed by atoms with Gasteiger partial charge in [0.25, 0.3) is 5.91 Å². The molecule has 32 heavy (non-hydrogen) atoms. The second kappa shape index (κ2) is 9.77. The molecule has 0 saturated heterocycles. The predicted molar refractivity (Wildman–Crippen MR) is 130 cm³/mol. The molecule has 0 heterocycles. The van der Waals surface area contributed by atoms with E-state index in [0.29, 0.717) is 31.9 Å². The number of nitrogens with zero attached hydrogens (tertiary/aromatic N) is 1. The Kier molecular flexibility index (Phi) is 6.63. The third-order valence-corrected chi connectivity index (χ3v) is 5.63. The van der Waals surface area contributed by atoms with Crippen LogP contribution >= 0.6 is 27.5 Å². The summed E-state index contributed by atoms with van der Waals surface area (Å²) in [5.74, 6) is -0.569. The van der Waals surface area contributed by atoms with Gasteiger partial charge in [0.05, 0.1) is 17.3 Å². The van der Waals surface area contributed by atoms with Gasteiger partial charge in [-0.15, -0.1) is 0 Å². The van der Waals surface area contributed by atoms with Gasteiger partial charge in [-0.1, -0.05) is 54.1 Å². The molecule has 0 saturated carbocycles. The highest BCUT2D eigenvalue weighted by Crippen LogP contribution is 2.27. The summed E-state index contributed by atoms with van der Waals surface area (Å²) in [5.41, 5.74) is 3.91. The highest BCUT2D eigenvalue weighted by atomic mass is 79.9. The van der Waals surface area contributed by atoms with Gasteiger partial charge in [0.1, 0.15) is 5.75 Å². The Hall–Kier alpha value is -3.48. The average Bonchev–Trinajstić information content (AvgIpc) is 2.80. The lowest BCUT2D eigenvalue weighted by Crippen LogP contribution is -2.18. The van der Waals surface area contributed by atoms with Crippen molar-refractivity contribution in [1.29, 1.82) is 0 Å². The van der Waals surface area contributed by atoms with E-state index in [1.807, 2.05) is 36.4 Å². The molecule has 0 atom stereocenters. The maximum atomic E-state index is 12.6. The summed E-state index contributed by atoms with van der Waals surface area (Å²) in [5, 5.41) is 6.40. The Morgan fingerprint density at radius 3 is 2.41 bits per heavy atom. The first kappa shape index (κ1) is 21.7. The molecule has 0 aliphatic heterocycles. The lowest BCUT2D eigenvalue weighted by Gasteiger charge is -2.11. The van der Waals surface area contributed by atoms with Gasteiger partial charge in [0, 0.05) is 15.1 Å². The summed E-state index contributed by atoms with van der Waals surface area (Å²) in [6.07, 6.45) is 1.47. The number of carbonyl (C=O) groups excluding carboxylic acids is 2. The standard InChI is InChI=1S/C25H16BrClN2O3/c26-22-8-4-3-7-20(22)24(30)29-28-15-21-19-6-2-1-5-16(19)11-14-23(21)32-25(31)17-9-12-18(27)13-10-17/h1-15H,(H,29,30)/b28-15+. The number of ether oxygens (including phenoxy) is 1. The second-order valence-electron chi connectivity index (χ2n) is 6.77. The first-order valence-electron chi connectivity index (χ1n) is 9.60. The molecule has 4 rings (SSSR count). The van der Waals surface area contributed by atoms with Crippen LogP contribution in [0.25, 0.3) is 10.8 Å². The first-order valence-corrected chi connectivity index (χ1v) is 10.8. The molecular weight excluding hydrogens is 492 g/mol. The number of carbonyl (C=O) groups is 2. The normalized spacial score (nSPS) is 10.9. The van der Waals surface area contributed by atoms with Crippen molar-refractivity contribution in [3.05, 3.63) is 111 Å². The average molecular weight is 508 g/mol. The van der Waals surface area contributed by atoms with Gasteiger partial charge in [-0.25, -0.2) is 10.2 Å². The number of fused-ring (bicyclic) bond motifs is 1. The number of amides is 1. The van der Waals surface area contributed by atoms with Crippen molar-refractivity contribution >= 4 is 56.4 Å². The molecule has 158 valence electrons. The van der Waals surface area contributed by atoms with Crippen molar-refractivity contribution in [3.63, 3.8) is 0 Å². The van der Waals surface area contributed by atoms with E-state index in [-0.39, 0.29) is 5.91 Å². The molecule has 4 aromatic carbocycles. The van der Waals surface area contributed by atoms with Crippen LogP contribution in [-0.2, 0) is 0 Å². The van der Waals surface area contributed by atoms with E-state index < -0.39 is 5.97 Å². The van der Waals surface area contributed by atoms with Crippen LogP contribution in [0, 0.1) is 0 Å². The van der Waals surface area contributed by atoms with Crippen LogP contribution < -0.4 is 10.2 Å². The molecule has 0 aliphatic rings. The zero-order valence-corrected chi connectivity index (χ0v) is 18.9. The Labute approximate surface area is 197 Å². The fraction of sp³-hybridized carbons (Fsp3) is 0. The van der Waals surface area contributed by atoms with E-state index in [1.54, 1.807) is 48.5 Å². The lowest BCUT2D eigenvalue weighted by atomic mass is 10.0. The van der Waals surface area contributed by atoms with E-state index >= 15 is 0 Å². The van der Waals surface area contributed by atoms with Crippen LogP contribution in [0.2, 0.25) is 5.02 Å². The molecule has 0 aliphatic carbocycles. The van der Waals surface area contributed by atoms with Crippen molar-refractivity contribution in [2.45, 2.75) is 0 Å². The number of hydrogen-bond acceptors (Lipinski definition) is 4. The number of rotatable bonds is 5. The molecule has 0 bridgehead atoms. The van der Waals surface area contributed by atoms with Gasteiger partial charge in [0.15, 0.2) is 0 Å². The fourth-order valence-corrected chi connectivity index (χ4v) is 3.69. The van der Waals surface area contributed by atoms with Gasteiger partial charge in [-0.3, -0.25) is 4.79 Å². The minimum Gasteiger partial charge on any atom is -0.422 e. The summed E-state index contributed by atoms with van der Waals surface area (Å²) >= 11 is 9.25. The van der Waals surface area contributed by atoms with E-state index in [4.69, 9.17) is 16.3 Å². The molecule has 0 radical (unpaired) electrons. The SMILES string of the molecule is O=C(Oc1ccc2ccccc2c1/C=N/NC(=O)c1ccccc1Br)c1ccc(Cl)cc1. The lowest BCUT2D eigenvalue weighted by molar-refractivity contribution is 0.0734. The first-order chi connectivity index (χ1) is 15.5. The van der Waals surface area contributed by atoms with Gasteiger partial charge in [-0.2, -0.15) is 5.10 Å². The molecule has 0 aromatic heterocycles. The van der Waals surface area contributed by atoms with Gasteiger partial charge >= 0.3 is 5.97 Å². The Bertz CT molecular complexity index is 1340. The van der Waals surface area contributed by atoms with E-state index in [0.717, 1.165) is 10.8 Å². The number of esters is 1. The van der Waals surface area contributed by atoms with Crippen molar-refractivity contribution in [1.82, 2.24) is 5.43 Å². The minimum absolute atomic E-state index is 0.322. The Balaban J connectivity index is 1.63. The molecule has 0 unspecified atom stereocenters. The number of halogens is 2. The number of hydrazone groups is 1. The van der Waals surface area contributed by atoms with Crippen molar-refractivity contribution in [3.8, 4) is 5.75 Å².